The van der Waals surface area contributed by atoms with Crippen molar-refractivity contribution in [2.45, 2.75) is 26.4 Å². The van der Waals surface area contributed by atoms with E-state index in [9.17, 15) is 5.11 Å². The van der Waals surface area contributed by atoms with Crippen LogP contribution in [0.1, 0.15) is 25.3 Å². The van der Waals surface area contributed by atoms with E-state index >= 15 is 0 Å². The molecular weight excluding hydrogens is 264 g/mol. The van der Waals surface area contributed by atoms with Crippen molar-refractivity contribution in [1.82, 2.24) is 0 Å². The van der Waals surface area contributed by atoms with Gasteiger partial charge in [-0.3, -0.25) is 0 Å². The van der Waals surface area contributed by atoms with E-state index in [0.717, 1.165) is 47.6 Å². The lowest BCUT2D eigenvalue weighted by molar-refractivity contribution is 0.274. The van der Waals surface area contributed by atoms with E-state index in [1.54, 1.807) is 7.11 Å². The van der Waals surface area contributed by atoms with Crippen molar-refractivity contribution >= 4 is 0 Å². The van der Waals surface area contributed by atoms with Crippen molar-refractivity contribution in [1.29, 1.82) is 0 Å². The van der Waals surface area contributed by atoms with Gasteiger partial charge in [0.15, 0.2) is 0 Å². The maximum atomic E-state index is 9.39. The van der Waals surface area contributed by atoms with Crippen LogP contribution in [0.25, 0.3) is 11.1 Å². The fourth-order valence-corrected chi connectivity index (χ4v) is 2.24. The van der Waals surface area contributed by atoms with Crippen molar-refractivity contribution in [2.75, 3.05) is 13.7 Å². The topological polar surface area (TPSA) is 38.7 Å². The Bertz CT molecular complexity index is 561. The van der Waals surface area contributed by atoms with Crippen molar-refractivity contribution < 1.29 is 14.6 Å². The molecule has 112 valence electrons. The summed E-state index contributed by atoms with van der Waals surface area (Å²) in [5, 5.41) is 9.39. The summed E-state index contributed by atoms with van der Waals surface area (Å²) in [6.45, 7) is 2.86. The van der Waals surface area contributed by atoms with Crippen LogP contribution in [-0.2, 0) is 6.61 Å². The van der Waals surface area contributed by atoms with E-state index in [0.29, 0.717) is 0 Å². The average Bonchev–Trinajstić information content (AvgIpc) is 2.55. The van der Waals surface area contributed by atoms with Crippen LogP contribution in [0.15, 0.2) is 42.5 Å². The Hall–Kier alpha value is -2.00. The molecule has 0 radical (unpaired) electrons. The smallest absolute Gasteiger partial charge is 0.132 e. The van der Waals surface area contributed by atoms with Gasteiger partial charge in [0.05, 0.1) is 20.3 Å². The van der Waals surface area contributed by atoms with Crippen LogP contribution in [0.3, 0.4) is 0 Å². The molecule has 0 spiro atoms. The minimum Gasteiger partial charge on any atom is -0.496 e. The molecule has 0 atom stereocenters. The number of benzene rings is 2. The van der Waals surface area contributed by atoms with Gasteiger partial charge in [-0.25, -0.2) is 0 Å². The highest BCUT2D eigenvalue weighted by atomic mass is 16.5. The quantitative estimate of drug-likeness (QED) is 0.781. The molecule has 0 aliphatic carbocycles. The highest BCUT2D eigenvalue weighted by Gasteiger charge is 2.10. The third kappa shape index (κ3) is 3.76. The zero-order chi connectivity index (χ0) is 15.1. The average molecular weight is 286 g/mol. The molecule has 0 bridgehead atoms. The monoisotopic (exact) mass is 286 g/mol. The van der Waals surface area contributed by atoms with Crippen molar-refractivity contribution in [3.63, 3.8) is 0 Å². The normalized spacial score (nSPS) is 10.4. The van der Waals surface area contributed by atoms with Crippen molar-refractivity contribution in [3.05, 3.63) is 48.0 Å². The Morgan fingerprint density at radius 3 is 2.43 bits per heavy atom. The van der Waals surface area contributed by atoms with E-state index in [-0.39, 0.29) is 6.61 Å². The fourth-order valence-electron chi connectivity index (χ4n) is 2.24. The minimum absolute atomic E-state index is 0.0325. The Morgan fingerprint density at radius 2 is 1.81 bits per heavy atom. The number of aliphatic hydroxyl groups is 1. The molecular formula is C18H22O3. The van der Waals surface area contributed by atoms with Crippen LogP contribution in [0.4, 0.5) is 0 Å². The van der Waals surface area contributed by atoms with Gasteiger partial charge in [-0.15, -0.1) is 0 Å². The van der Waals surface area contributed by atoms with Crippen molar-refractivity contribution in [3.8, 4) is 22.6 Å². The van der Waals surface area contributed by atoms with Gasteiger partial charge in [0, 0.05) is 11.1 Å². The first-order valence-corrected chi connectivity index (χ1v) is 7.30. The molecule has 21 heavy (non-hydrogen) atoms. The molecule has 0 aliphatic heterocycles. The standard InChI is InChI=1S/C18H22O3/c1-3-4-12-21-16-10-8-14(9-11-16)17-7-5-6-15(13-19)18(17)20-2/h5-11,19H,3-4,12-13H2,1-2H3. The Morgan fingerprint density at radius 1 is 1.05 bits per heavy atom. The summed E-state index contributed by atoms with van der Waals surface area (Å²) in [7, 11) is 1.63. The first-order valence-electron chi connectivity index (χ1n) is 7.30. The molecule has 0 unspecified atom stereocenters. The minimum atomic E-state index is -0.0325. The number of aliphatic hydroxyl groups excluding tert-OH is 1. The number of methoxy groups -OCH3 is 1. The first-order chi connectivity index (χ1) is 10.3. The summed E-state index contributed by atoms with van der Waals surface area (Å²) >= 11 is 0. The second-order valence-corrected chi connectivity index (χ2v) is 4.88. The lowest BCUT2D eigenvalue weighted by Crippen LogP contribution is -1.97. The molecule has 0 fully saturated rings. The second-order valence-electron chi connectivity index (χ2n) is 4.88. The molecule has 0 saturated carbocycles. The largest absolute Gasteiger partial charge is 0.496 e. The third-order valence-corrected chi connectivity index (χ3v) is 3.40. The van der Waals surface area contributed by atoms with Crippen molar-refractivity contribution in [2.24, 2.45) is 0 Å². The summed E-state index contributed by atoms with van der Waals surface area (Å²) < 4.78 is 11.1. The number of unbranched alkanes of at least 4 members (excludes halogenated alkanes) is 1. The molecule has 1 N–H and O–H groups in total. The zero-order valence-electron chi connectivity index (χ0n) is 12.6. The third-order valence-electron chi connectivity index (χ3n) is 3.40. The Labute approximate surface area is 126 Å². The molecule has 0 aromatic heterocycles. The van der Waals surface area contributed by atoms with E-state index < -0.39 is 0 Å². The zero-order valence-corrected chi connectivity index (χ0v) is 12.6. The summed E-state index contributed by atoms with van der Waals surface area (Å²) in [6.07, 6.45) is 2.19. The van der Waals surface area contributed by atoms with E-state index in [1.807, 2.05) is 42.5 Å². The molecule has 0 heterocycles. The van der Waals surface area contributed by atoms with E-state index in [4.69, 9.17) is 9.47 Å². The van der Waals surface area contributed by atoms with Gasteiger partial charge in [0.1, 0.15) is 11.5 Å². The molecule has 3 heteroatoms. The van der Waals surface area contributed by atoms with Gasteiger partial charge in [-0.2, -0.15) is 0 Å². The van der Waals surface area contributed by atoms with Crippen LogP contribution in [0.5, 0.6) is 11.5 Å². The molecule has 0 amide bonds. The summed E-state index contributed by atoms with van der Waals surface area (Å²) in [5.74, 6) is 1.60. The maximum absolute atomic E-state index is 9.39. The van der Waals surface area contributed by atoms with Gasteiger partial charge in [0.25, 0.3) is 0 Å². The van der Waals surface area contributed by atoms with E-state index in [2.05, 4.69) is 6.92 Å². The molecule has 0 aliphatic rings. The molecule has 0 saturated heterocycles. The fraction of sp³-hybridized carbons (Fsp3) is 0.333. The van der Waals surface area contributed by atoms with Crippen LogP contribution < -0.4 is 9.47 Å². The first kappa shape index (κ1) is 15.4. The molecule has 2 rings (SSSR count). The molecule has 2 aromatic carbocycles. The number of ether oxygens (including phenoxy) is 2. The molecule has 2 aromatic rings. The maximum Gasteiger partial charge on any atom is 0.132 e. The SMILES string of the molecule is CCCCOc1ccc(-c2cccc(CO)c2OC)cc1. The lowest BCUT2D eigenvalue weighted by Gasteiger charge is -2.13. The van der Waals surface area contributed by atoms with Gasteiger partial charge >= 0.3 is 0 Å². The van der Waals surface area contributed by atoms with Crippen LogP contribution in [0, 0.1) is 0 Å². The van der Waals surface area contributed by atoms with Crippen LogP contribution in [-0.4, -0.2) is 18.8 Å². The predicted molar refractivity (Wildman–Crippen MR) is 84.8 cm³/mol. The van der Waals surface area contributed by atoms with E-state index in [1.165, 1.54) is 0 Å². The van der Waals surface area contributed by atoms with Crippen LogP contribution in [0.2, 0.25) is 0 Å². The number of para-hydroxylation sites is 1. The number of hydrogen-bond acceptors (Lipinski definition) is 3. The predicted octanol–water partition coefficient (Wildman–Crippen LogP) is 4.03. The molecule has 3 nitrogen and oxygen atoms in total. The Kier molecular flexibility index (Phi) is 5.64. The van der Waals surface area contributed by atoms with Gasteiger partial charge in [-0.05, 0) is 24.1 Å². The van der Waals surface area contributed by atoms with Crippen LogP contribution >= 0.6 is 0 Å². The summed E-state index contributed by atoms with van der Waals surface area (Å²) in [4.78, 5) is 0. The number of hydrogen-bond donors (Lipinski definition) is 1. The lowest BCUT2D eigenvalue weighted by atomic mass is 10.0. The highest BCUT2D eigenvalue weighted by Crippen LogP contribution is 2.33. The highest BCUT2D eigenvalue weighted by molar-refractivity contribution is 5.72. The summed E-state index contributed by atoms with van der Waals surface area (Å²) in [5.41, 5.74) is 2.81. The van der Waals surface area contributed by atoms with Gasteiger partial charge in [0.2, 0.25) is 0 Å². The summed E-state index contributed by atoms with van der Waals surface area (Å²) in [6, 6.07) is 13.7. The Balaban J connectivity index is 2.22. The van der Waals surface area contributed by atoms with Gasteiger partial charge in [-0.1, -0.05) is 43.7 Å². The van der Waals surface area contributed by atoms with Gasteiger partial charge < -0.3 is 14.6 Å². The number of rotatable bonds is 7. The second kappa shape index (κ2) is 7.70.